The summed E-state index contributed by atoms with van der Waals surface area (Å²) in [5, 5.41) is 12.0. The number of anilines is 1. The van der Waals surface area contributed by atoms with Crippen LogP contribution in [0.4, 0.5) is 5.69 Å². The zero-order valence-corrected chi connectivity index (χ0v) is 18.6. The van der Waals surface area contributed by atoms with Crippen LogP contribution >= 0.6 is 15.9 Å². The maximum Gasteiger partial charge on any atom is 0.238 e. The number of methoxy groups -OCH3 is 1. The highest BCUT2D eigenvalue weighted by atomic mass is 79.9. The van der Waals surface area contributed by atoms with Crippen molar-refractivity contribution in [3.8, 4) is 5.75 Å². The lowest BCUT2D eigenvalue weighted by atomic mass is 9.98. The van der Waals surface area contributed by atoms with Gasteiger partial charge in [-0.05, 0) is 54.1 Å². The van der Waals surface area contributed by atoms with Crippen molar-refractivity contribution in [3.05, 3.63) is 88.4 Å². The molecule has 3 aromatic rings. The highest BCUT2D eigenvalue weighted by Crippen LogP contribution is 2.37. The fourth-order valence-electron chi connectivity index (χ4n) is 3.46. The molecule has 6 nitrogen and oxygen atoms in total. The molecule has 3 aromatic carbocycles. The Hall–Kier alpha value is -2.68. The SMILES string of the molecule is COc1cccc(C2=NN(c3ccc(S(N)(=O)=O)cc3)[C@@H](c3ccc(Br)cc3)C2)c1. The zero-order chi connectivity index (χ0) is 21.3. The van der Waals surface area contributed by atoms with Gasteiger partial charge in [-0.3, -0.25) is 5.01 Å². The van der Waals surface area contributed by atoms with Crippen LogP contribution in [0.5, 0.6) is 5.75 Å². The van der Waals surface area contributed by atoms with Crippen LogP contribution in [0, 0.1) is 0 Å². The summed E-state index contributed by atoms with van der Waals surface area (Å²) in [5.74, 6) is 0.770. The van der Waals surface area contributed by atoms with Gasteiger partial charge < -0.3 is 4.74 Å². The van der Waals surface area contributed by atoms with E-state index in [-0.39, 0.29) is 10.9 Å². The first-order valence-corrected chi connectivity index (χ1v) is 11.6. The molecule has 0 radical (unpaired) electrons. The molecule has 0 spiro atoms. The molecule has 1 aliphatic heterocycles. The Balaban J connectivity index is 1.75. The van der Waals surface area contributed by atoms with E-state index in [1.54, 1.807) is 19.2 Å². The Bertz CT molecular complexity index is 1190. The Morgan fingerprint density at radius 1 is 1.07 bits per heavy atom. The van der Waals surface area contributed by atoms with Gasteiger partial charge in [-0.2, -0.15) is 5.10 Å². The lowest BCUT2D eigenvalue weighted by Crippen LogP contribution is -2.19. The fourth-order valence-corrected chi connectivity index (χ4v) is 4.24. The van der Waals surface area contributed by atoms with Crippen LogP contribution in [-0.4, -0.2) is 21.2 Å². The average Bonchev–Trinajstić information content (AvgIpc) is 3.19. The number of halogens is 1. The van der Waals surface area contributed by atoms with Gasteiger partial charge in [0.1, 0.15) is 5.75 Å². The molecular weight excluding hydrogens is 466 g/mol. The van der Waals surface area contributed by atoms with Crippen LogP contribution in [0.3, 0.4) is 0 Å². The van der Waals surface area contributed by atoms with Crippen LogP contribution in [0.2, 0.25) is 0 Å². The minimum Gasteiger partial charge on any atom is -0.497 e. The fraction of sp³-hybridized carbons (Fsp3) is 0.136. The van der Waals surface area contributed by atoms with Crippen LogP contribution in [0.1, 0.15) is 23.6 Å². The van der Waals surface area contributed by atoms with E-state index in [1.165, 1.54) is 12.1 Å². The molecule has 1 aliphatic rings. The van der Waals surface area contributed by atoms with Crippen LogP contribution in [0.15, 0.2) is 87.3 Å². The molecule has 0 unspecified atom stereocenters. The summed E-state index contributed by atoms with van der Waals surface area (Å²) in [5.41, 5.74) is 3.81. The van der Waals surface area contributed by atoms with E-state index in [9.17, 15) is 8.42 Å². The van der Waals surface area contributed by atoms with E-state index in [1.807, 2.05) is 41.4 Å². The number of rotatable bonds is 5. The van der Waals surface area contributed by atoms with Crippen molar-refractivity contribution < 1.29 is 13.2 Å². The van der Waals surface area contributed by atoms with Crippen LogP contribution < -0.4 is 14.9 Å². The summed E-state index contributed by atoms with van der Waals surface area (Å²) < 4.78 is 29.6. The molecule has 8 heteroatoms. The number of benzene rings is 3. The van der Waals surface area contributed by atoms with Gasteiger partial charge in [-0.25, -0.2) is 13.6 Å². The number of ether oxygens (including phenoxy) is 1. The summed E-state index contributed by atoms with van der Waals surface area (Å²) in [7, 11) is -2.11. The maximum atomic E-state index is 11.6. The van der Waals surface area contributed by atoms with Gasteiger partial charge in [0, 0.05) is 16.5 Å². The first-order valence-electron chi connectivity index (χ1n) is 9.24. The highest BCUT2D eigenvalue weighted by molar-refractivity contribution is 9.10. The molecule has 2 N–H and O–H groups in total. The number of hydrogen-bond acceptors (Lipinski definition) is 5. The number of nitrogens with zero attached hydrogens (tertiary/aromatic N) is 2. The second-order valence-corrected chi connectivity index (χ2v) is 9.41. The normalized spacial score (nSPS) is 16.4. The molecule has 30 heavy (non-hydrogen) atoms. The van der Waals surface area contributed by atoms with E-state index in [0.717, 1.165) is 32.7 Å². The third kappa shape index (κ3) is 4.26. The quantitative estimate of drug-likeness (QED) is 0.577. The molecule has 4 rings (SSSR count). The number of hydrogen-bond donors (Lipinski definition) is 1. The van der Waals surface area contributed by atoms with Crippen molar-refractivity contribution in [2.24, 2.45) is 10.2 Å². The summed E-state index contributed by atoms with van der Waals surface area (Å²) in [4.78, 5) is 0.0719. The molecule has 1 atom stereocenters. The predicted octanol–water partition coefficient (Wildman–Crippen LogP) is 4.46. The average molecular weight is 486 g/mol. The molecule has 154 valence electrons. The molecular formula is C22H20BrN3O3S. The van der Waals surface area contributed by atoms with E-state index < -0.39 is 10.0 Å². The van der Waals surface area contributed by atoms with E-state index >= 15 is 0 Å². The summed E-state index contributed by atoms with van der Waals surface area (Å²) >= 11 is 3.48. The van der Waals surface area contributed by atoms with Crippen molar-refractivity contribution in [1.82, 2.24) is 0 Å². The molecule has 0 aliphatic carbocycles. The number of primary sulfonamides is 1. The van der Waals surface area contributed by atoms with Crippen molar-refractivity contribution in [1.29, 1.82) is 0 Å². The van der Waals surface area contributed by atoms with Crippen LogP contribution in [0.25, 0.3) is 0 Å². The molecule has 0 saturated heterocycles. The Morgan fingerprint density at radius 2 is 1.77 bits per heavy atom. The summed E-state index contributed by atoms with van der Waals surface area (Å²) in [6.07, 6.45) is 0.700. The van der Waals surface area contributed by atoms with Crippen molar-refractivity contribution in [2.45, 2.75) is 17.4 Å². The molecule has 0 amide bonds. The molecule has 0 bridgehead atoms. The molecule has 0 aromatic heterocycles. The number of hydrazone groups is 1. The van der Waals surface area contributed by atoms with Gasteiger partial charge in [0.2, 0.25) is 10.0 Å². The van der Waals surface area contributed by atoms with Crippen LogP contribution in [-0.2, 0) is 10.0 Å². The monoisotopic (exact) mass is 485 g/mol. The largest absolute Gasteiger partial charge is 0.497 e. The van der Waals surface area contributed by atoms with Gasteiger partial charge in [-0.1, -0.05) is 40.2 Å². The second-order valence-electron chi connectivity index (χ2n) is 6.93. The summed E-state index contributed by atoms with van der Waals surface area (Å²) in [6, 6.07) is 22.4. The van der Waals surface area contributed by atoms with E-state index in [0.29, 0.717) is 6.42 Å². The Kier molecular flexibility index (Phi) is 5.64. The second kappa shape index (κ2) is 8.22. The van der Waals surface area contributed by atoms with Gasteiger partial charge in [-0.15, -0.1) is 0 Å². The molecule has 0 fully saturated rings. The molecule has 0 saturated carbocycles. The maximum absolute atomic E-state index is 11.6. The summed E-state index contributed by atoms with van der Waals surface area (Å²) in [6.45, 7) is 0. The zero-order valence-electron chi connectivity index (χ0n) is 16.2. The standard InChI is InChI=1S/C22H20BrN3O3S/c1-29-19-4-2-3-16(13-19)21-14-22(15-5-7-17(23)8-6-15)26(25-21)18-9-11-20(12-10-18)30(24,27)28/h2-13,22H,14H2,1H3,(H2,24,27,28)/t22-/m1/s1. The minimum absolute atomic E-state index is 0.0281. The van der Waals surface area contributed by atoms with Gasteiger partial charge in [0.15, 0.2) is 0 Å². The Labute approximate surface area is 184 Å². The topological polar surface area (TPSA) is 85.0 Å². The lowest BCUT2D eigenvalue weighted by Gasteiger charge is -2.24. The van der Waals surface area contributed by atoms with Crippen molar-refractivity contribution >= 4 is 37.4 Å². The number of nitrogens with two attached hydrogens (primary N) is 1. The van der Waals surface area contributed by atoms with Gasteiger partial charge >= 0.3 is 0 Å². The third-order valence-corrected chi connectivity index (χ3v) is 6.46. The third-order valence-electron chi connectivity index (χ3n) is 5.00. The van der Waals surface area contributed by atoms with Gasteiger partial charge in [0.25, 0.3) is 0 Å². The first kappa shape index (κ1) is 20.6. The van der Waals surface area contributed by atoms with Gasteiger partial charge in [0.05, 0.1) is 29.4 Å². The van der Waals surface area contributed by atoms with E-state index in [4.69, 9.17) is 15.0 Å². The van der Waals surface area contributed by atoms with Crippen molar-refractivity contribution in [3.63, 3.8) is 0 Å². The molecule has 1 heterocycles. The predicted molar refractivity (Wildman–Crippen MR) is 121 cm³/mol. The highest BCUT2D eigenvalue weighted by Gasteiger charge is 2.30. The first-order chi connectivity index (χ1) is 14.3. The smallest absolute Gasteiger partial charge is 0.238 e. The number of sulfonamides is 1. The van der Waals surface area contributed by atoms with Crippen molar-refractivity contribution in [2.75, 3.05) is 12.1 Å². The minimum atomic E-state index is -3.75. The lowest BCUT2D eigenvalue weighted by molar-refractivity contribution is 0.414. The van der Waals surface area contributed by atoms with E-state index in [2.05, 4.69) is 28.1 Å². The Morgan fingerprint density at radius 3 is 2.40 bits per heavy atom.